The number of Topliss-reactive ketones (excluding diaryl/α,β-unsaturated/α-hetero) is 1. The molecule has 1 aliphatic heterocycles. The summed E-state index contributed by atoms with van der Waals surface area (Å²) in [5.74, 6) is 2.48. The summed E-state index contributed by atoms with van der Waals surface area (Å²) in [6.45, 7) is 4.28. The lowest BCUT2D eigenvalue weighted by atomic mass is 9.96. The van der Waals surface area contributed by atoms with Crippen molar-refractivity contribution < 1.29 is 4.79 Å². The van der Waals surface area contributed by atoms with Gasteiger partial charge in [0, 0.05) is 11.2 Å². The highest BCUT2D eigenvalue weighted by Crippen LogP contribution is 2.37. The van der Waals surface area contributed by atoms with Gasteiger partial charge in [0.2, 0.25) is 0 Å². The largest absolute Gasteiger partial charge is 0.298 e. The third kappa shape index (κ3) is 1.98. The highest BCUT2D eigenvalue weighted by molar-refractivity contribution is 8.03. The van der Waals surface area contributed by atoms with Crippen LogP contribution in [0.4, 0.5) is 0 Å². The van der Waals surface area contributed by atoms with Gasteiger partial charge in [0.05, 0.1) is 5.75 Å². The van der Waals surface area contributed by atoms with Crippen LogP contribution >= 0.6 is 11.8 Å². The van der Waals surface area contributed by atoms with Crippen LogP contribution in [0.15, 0.2) is 0 Å². The summed E-state index contributed by atoms with van der Waals surface area (Å²) in [6, 6.07) is 0. The molecular formula is C9H15OS. The van der Waals surface area contributed by atoms with Gasteiger partial charge in [-0.2, -0.15) is 0 Å². The van der Waals surface area contributed by atoms with E-state index in [0.29, 0.717) is 17.0 Å². The van der Waals surface area contributed by atoms with Crippen LogP contribution in [0, 0.1) is 11.7 Å². The fourth-order valence-corrected chi connectivity index (χ4v) is 2.91. The fourth-order valence-electron chi connectivity index (χ4n) is 1.54. The molecule has 0 aromatic heterocycles. The molecule has 63 valence electrons. The first kappa shape index (κ1) is 9.11. The molecule has 0 aromatic rings. The van der Waals surface area contributed by atoms with Crippen LogP contribution in [0.2, 0.25) is 0 Å². The van der Waals surface area contributed by atoms with Crippen LogP contribution in [0.25, 0.3) is 0 Å². The van der Waals surface area contributed by atoms with Crippen molar-refractivity contribution in [3.05, 3.63) is 5.75 Å². The van der Waals surface area contributed by atoms with E-state index >= 15 is 0 Å². The third-order valence-electron chi connectivity index (χ3n) is 2.19. The number of carbonyl (C=O) groups excluding carboxylic acids is 1. The molecule has 1 heterocycles. The maximum absolute atomic E-state index is 11.2. The molecule has 1 saturated heterocycles. The molecule has 2 atom stereocenters. The van der Waals surface area contributed by atoms with E-state index in [2.05, 4.69) is 13.8 Å². The monoisotopic (exact) mass is 171 g/mol. The van der Waals surface area contributed by atoms with E-state index in [1.54, 1.807) is 17.5 Å². The Morgan fingerprint density at radius 1 is 1.55 bits per heavy atom. The maximum atomic E-state index is 11.2. The first-order valence-electron chi connectivity index (χ1n) is 4.32. The van der Waals surface area contributed by atoms with E-state index < -0.39 is 0 Å². The Kier molecular flexibility index (Phi) is 3.44. The van der Waals surface area contributed by atoms with E-state index in [9.17, 15) is 4.79 Å². The zero-order valence-corrected chi connectivity index (χ0v) is 7.99. The van der Waals surface area contributed by atoms with E-state index in [1.165, 1.54) is 12.8 Å². The Morgan fingerprint density at radius 2 is 2.27 bits per heavy atom. The fraction of sp³-hybridized carbons (Fsp3) is 0.778. The van der Waals surface area contributed by atoms with Gasteiger partial charge in [-0.15, -0.1) is 11.8 Å². The van der Waals surface area contributed by atoms with Crippen LogP contribution in [0.1, 0.15) is 33.1 Å². The zero-order valence-electron chi connectivity index (χ0n) is 7.17. The van der Waals surface area contributed by atoms with Crippen LogP contribution in [0.3, 0.4) is 0 Å². The molecule has 0 saturated carbocycles. The second-order valence-electron chi connectivity index (χ2n) is 3.00. The number of thioether (sulfide) groups is 1. The Balaban J connectivity index is 2.47. The molecule has 11 heavy (non-hydrogen) atoms. The summed E-state index contributed by atoms with van der Waals surface area (Å²) >= 11 is 1.73. The van der Waals surface area contributed by atoms with Crippen LogP contribution in [-0.2, 0) is 4.79 Å². The molecule has 0 bridgehead atoms. The van der Waals surface area contributed by atoms with Crippen molar-refractivity contribution in [2.24, 2.45) is 5.92 Å². The lowest BCUT2D eigenvalue weighted by molar-refractivity contribution is -0.118. The lowest BCUT2D eigenvalue weighted by Crippen LogP contribution is -2.16. The van der Waals surface area contributed by atoms with E-state index in [1.807, 2.05) is 0 Å². The first-order valence-corrected chi connectivity index (χ1v) is 5.26. The van der Waals surface area contributed by atoms with Crippen molar-refractivity contribution in [2.45, 2.75) is 38.4 Å². The number of ketones is 1. The highest BCUT2D eigenvalue weighted by Gasteiger charge is 2.33. The van der Waals surface area contributed by atoms with Crippen LogP contribution < -0.4 is 0 Å². The minimum absolute atomic E-state index is 0.319. The molecule has 0 aliphatic carbocycles. The molecule has 2 unspecified atom stereocenters. The van der Waals surface area contributed by atoms with Gasteiger partial charge in [-0.25, -0.2) is 0 Å². The minimum Gasteiger partial charge on any atom is -0.298 e. The Labute approximate surface area is 72.9 Å². The molecule has 1 fully saturated rings. The van der Waals surface area contributed by atoms with E-state index in [4.69, 9.17) is 0 Å². The Morgan fingerprint density at radius 3 is 2.82 bits per heavy atom. The summed E-state index contributed by atoms with van der Waals surface area (Å²) in [4.78, 5) is 11.2. The van der Waals surface area contributed by atoms with E-state index in [0.717, 1.165) is 6.42 Å². The topological polar surface area (TPSA) is 17.1 Å². The number of rotatable bonds is 3. The lowest BCUT2D eigenvalue weighted by Gasteiger charge is -2.13. The summed E-state index contributed by atoms with van der Waals surface area (Å²) in [5.41, 5.74) is 0. The Bertz CT molecular complexity index is 144. The molecule has 1 radical (unpaired) electrons. The molecule has 1 aliphatic rings. The van der Waals surface area contributed by atoms with Crippen molar-refractivity contribution in [3.63, 3.8) is 0 Å². The minimum atomic E-state index is 0.319. The third-order valence-corrected chi connectivity index (χ3v) is 3.47. The van der Waals surface area contributed by atoms with Crippen molar-refractivity contribution in [1.29, 1.82) is 0 Å². The van der Waals surface area contributed by atoms with Crippen LogP contribution in [-0.4, -0.2) is 11.0 Å². The molecule has 0 N–H and O–H groups in total. The van der Waals surface area contributed by atoms with Gasteiger partial charge in [0.15, 0.2) is 5.78 Å². The molecule has 0 amide bonds. The summed E-state index contributed by atoms with van der Waals surface area (Å²) < 4.78 is 0. The molecule has 1 nitrogen and oxygen atoms in total. The summed E-state index contributed by atoms with van der Waals surface area (Å²) in [7, 11) is 0. The smallest absolute Gasteiger partial charge is 0.151 e. The highest BCUT2D eigenvalue weighted by atomic mass is 32.2. The van der Waals surface area contributed by atoms with Crippen molar-refractivity contribution >= 4 is 17.5 Å². The number of hydrogen-bond donors (Lipinski definition) is 0. The number of hydrogen-bond acceptors (Lipinski definition) is 2. The molecule has 2 heteroatoms. The molecule has 0 aromatic carbocycles. The van der Waals surface area contributed by atoms with Gasteiger partial charge in [-0.1, -0.05) is 20.3 Å². The standard InChI is InChI=1S/C9H15OS/c1-3-5-9-7(4-2)8(10)6-11-9/h6-7,9H,3-5H2,1-2H3. The van der Waals surface area contributed by atoms with Crippen LogP contribution in [0.5, 0.6) is 0 Å². The van der Waals surface area contributed by atoms with Gasteiger partial charge in [-0.05, 0) is 12.8 Å². The SMILES string of the molecule is CCCC1S[CH]C(=O)C1CC. The summed E-state index contributed by atoms with van der Waals surface area (Å²) in [5, 5.41) is 0.581. The second-order valence-corrected chi connectivity index (χ2v) is 4.11. The predicted molar refractivity (Wildman–Crippen MR) is 49.4 cm³/mol. The van der Waals surface area contributed by atoms with Gasteiger partial charge < -0.3 is 0 Å². The van der Waals surface area contributed by atoms with Gasteiger partial charge in [-0.3, -0.25) is 4.79 Å². The maximum Gasteiger partial charge on any atom is 0.151 e. The number of carbonyl (C=O) groups is 1. The average Bonchev–Trinajstić information content (AvgIpc) is 2.33. The average molecular weight is 171 g/mol. The van der Waals surface area contributed by atoms with Crippen molar-refractivity contribution in [2.75, 3.05) is 0 Å². The first-order chi connectivity index (χ1) is 5.29. The van der Waals surface area contributed by atoms with Gasteiger partial charge in [0.1, 0.15) is 0 Å². The second kappa shape index (κ2) is 4.15. The van der Waals surface area contributed by atoms with Gasteiger partial charge in [0.25, 0.3) is 0 Å². The predicted octanol–water partition coefficient (Wildman–Crippen LogP) is 2.66. The summed E-state index contributed by atoms with van der Waals surface area (Å²) in [6.07, 6.45) is 3.38. The molecular weight excluding hydrogens is 156 g/mol. The zero-order chi connectivity index (χ0) is 8.27. The van der Waals surface area contributed by atoms with Crippen molar-refractivity contribution in [1.82, 2.24) is 0 Å². The Hall–Kier alpha value is 0.0200. The van der Waals surface area contributed by atoms with Gasteiger partial charge >= 0.3 is 0 Å². The van der Waals surface area contributed by atoms with E-state index in [-0.39, 0.29) is 0 Å². The molecule has 1 rings (SSSR count). The van der Waals surface area contributed by atoms with Crippen molar-refractivity contribution in [3.8, 4) is 0 Å². The quantitative estimate of drug-likeness (QED) is 0.649. The normalized spacial score (nSPS) is 31.3. The molecule has 0 spiro atoms.